The Morgan fingerprint density at radius 1 is 1.23 bits per heavy atom. The zero-order chi connectivity index (χ0) is 15.9. The van der Waals surface area contributed by atoms with E-state index in [2.05, 4.69) is 22.6 Å². The minimum atomic E-state index is -0.100. The molecule has 5 heteroatoms. The molecular weight excluding hydrogens is 276 g/mol. The van der Waals surface area contributed by atoms with E-state index in [0.717, 1.165) is 11.4 Å². The van der Waals surface area contributed by atoms with Gasteiger partial charge in [0.25, 0.3) is 0 Å². The van der Waals surface area contributed by atoms with Gasteiger partial charge in [-0.15, -0.1) is 0 Å². The molecule has 0 saturated carbocycles. The molecule has 1 aromatic carbocycles. The Labute approximate surface area is 132 Å². The fourth-order valence-electron chi connectivity index (χ4n) is 2.08. The number of nitrogen functional groups attached to an aromatic ring is 1. The lowest BCUT2D eigenvalue weighted by Crippen LogP contribution is -2.32. The summed E-state index contributed by atoms with van der Waals surface area (Å²) in [6.07, 6.45) is 1.61. The van der Waals surface area contributed by atoms with Crippen LogP contribution >= 0.6 is 0 Å². The number of nitrogens with one attached hydrogen (secondary N) is 1. The molecule has 0 spiro atoms. The van der Waals surface area contributed by atoms with Crippen LogP contribution in [0.4, 0.5) is 11.5 Å². The van der Waals surface area contributed by atoms with Crippen LogP contribution in [0.5, 0.6) is 0 Å². The fourth-order valence-corrected chi connectivity index (χ4v) is 2.08. The van der Waals surface area contributed by atoms with Crippen molar-refractivity contribution in [2.45, 2.75) is 26.0 Å². The van der Waals surface area contributed by atoms with Crippen LogP contribution < -0.4 is 16.1 Å². The SMILES string of the molecule is CC(C)NOC(CN(C)c1cc(N)ccn1)c1ccccc1. The van der Waals surface area contributed by atoms with E-state index in [1.54, 1.807) is 12.3 Å². The van der Waals surface area contributed by atoms with E-state index in [4.69, 9.17) is 10.6 Å². The first-order valence-electron chi connectivity index (χ1n) is 7.45. The van der Waals surface area contributed by atoms with Gasteiger partial charge in [-0.2, -0.15) is 5.48 Å². The molecule has 2 aromatic rings. The predicted molar refractivity (Wildman–Crippen MR) is 90.5 cm³/mol. The van der Waals surface area contributed by atoms with Crippen molar-refractivity contribution in [1.82, 2.24) is 10.5 Å². The van der Waals surface area contributed by atoms with E-state index in [9.17, 15) is 0 Å². The van der Waals surface area contributed by atoms with Gasteiger partial charge in [-0.3, -0.25) is 4.84 Å². The molecule has 22 heavy (non-hydrogen) atoms. The van der Waals surface area contributed by atoms with Crippen LogP contribution in [0, 0.1) is 0 Å². The standard InChI is InChI=1S/C17H24N4O/c1-13(2)20-22-16(14-7-5-4-6-8-14)12-21(3)17-11-15(18)9-10-19-17/h4-11,13,16,20H,12H2,1-3H3,(H2,18,19). The Hall–Kier alpha value is -2.11. The molecule has 118 valence electrons. The first-order chi connectivity index (χ1) is 10.6. The molecule has 0 saturated heterocycles. The highest BCUT2D eigenvalue weighted by Gasteiger charge is 2.16. The summed E-state index contributed by atoms with van der Waals surface area (Å²) in [6, 6.07) is 14.0. The third-order valence-electron chi connectivity index (χ3n) is 3.22. The van der Waals surface area contributed by atoms with Crippen LogP contribution in [0.2, 0.25) is 0 Å². The van der Waals surface area contributed by atoms with Gasteiger partial charge in [-0.25, -0.2) is 4.98 Å². The van der Waals surface area contributed by atoms with Gasteiger partial charge in [0, 0.05) is 31.0 Å². The normalized spacial score (nSPS) is 12.4. The summed E-state index contributed by atoms with van der Waals surface area (Å²) < 4.78 is 0. The second kappa shape index (κ2) is 7.77. The molecule has 0 amide bonds. The maximum absolute atomic E-state index is 5.86. The van der Waals surface area contributed by atoms with E-state index in [-0.39, 0.29) is 12.1 Å². The van der Waals surface area contributed by atoms with Crippen LogP contribution in [-0.4, -0.2) is 24.6 Å². The first kappa shape index (κ1) is 16.3. The summed E-state index contributed by atoms with van der Waals surface area (Å²) >= 11 is 0. The van der Waals surface area contributed by atoms with Crippen molar-refractivity contribution in [3.63, 3.8) is 0 Å². The zero-order valence-corrected chi connectivity index (χ0v) is 13.4. The van der Waals surface area contributed by atoms with Gasteiger partial charge >= 0.3 is 0 Å². The Bertz CT molecular complexity index is 574. The van der Waals surface area contributed by atoms with Crippen molar-refractivity contribution >= 4 is 11.5 Å². The molecule has 0 aliphatic heterocycles. The third-order valence-corrected chi connectivity index (χ3v) is 3.22. The molecule has 1 aromatic heterocycles. The van der Waals surface area contributed by atoms with Crippen molar-refractivity contribution in [1.29, 1.82) is 0 Å². The Kier molecular flexibility index (Phi) is 5.75. The van der Waals surface area contributed by atoms with E-state index >= 15 is 0 Å². The van der Waals surface area contributed by atoms with E-state index in [1.807, 2.05) is 50.1 Å². The second-order valence-electron chi connectivity index (χ2n) is 5.62. The number of nitrogens with zero attached hydrogens (tertiary/aromatic N) is 2. The Balaban J connectivity index is 2.11. The molecule has 0 fully saturated rings. The van der Waals surface area contributed by atoms with Crippen molar-refractivity contribution in [3.8, 4) is 0 Å². The van der Waals surface area contributed by atoms with Gasteiger partial charge in [0.1, 0.15) is 11.9 Å². The van der Waals surface area contributed by atoms with Crippen LogP contribution in [-0.2, 0) is 4.84 Å². The van der Waals surface area contributed by atoms with E-state index in [0.29, 0.717) is 12.2 Å². The number of hydroxylamine groups is 1. The summed E-state index contributed by atoms with van der Waals surface area (Å²) in [5.41, 5.74) is 10.7. The van der Waals surface area contributed by atoms with Gasteiger partial charge in [-0.05, 0) is 25.5 Å². The van der Waals surface area contributed by atoms with Crippen molar-refractivity contribution in [2.24, 2.45) is 0 Å². The number of hydrogen-bond acceptors (Lipinski definition) is 5. The maximum Gasteiger partial charge on any atom is 0.130 e. The monoisotopic (exact) mass is 300 g/mol. The summed E-state index contributed by atoms with van der Waals surface area (Å²) in [5.74, 6) is 0.828. The topological polar surface area (TPSA) is 63.4 Å². The quantitative estimate of drug-likeness (QED) is 0.770. The van der Waals surface area contributed by atoms with Gasteiger partial charge in [0.2, 0.25) is 0 Å². The Morgan fingerprint density at radius 2 is 1.95 bits per heavy atom. The van der Waals surface area contributed by atoms with E-state index < -0.39 is 0 Å². The van der Waals surface area contributed by atoms with Gasteiger partial charge in [0.05, 0.1) is 6.54 Å². The summed E-state index contributed by atoms with van der Waals surface area (Å²) in [5, 5.41) is 0. The summed E-state index contributed by atoms with van der Waals surface area (Å²) in [7, 11) is 1.98. The molecule has 5 nitrogen and oxygen atoms in total. The lowest BCUT2D eigenvalue weighted by Gasteiger charge is -2.26. The first-order valence-corrected chi connectivity index (χ1v) is 7.45. The largest absolute Gasteiger partial charge is 0.399 e. The molecule has 0 aliphatic rings. The number of benzene rings is 1. The molecule has 1 heterocycles. The van der Waals surface area contributed by atoms with Crippen LogP contribution in [0.25, 0.3) is 0 Å². The van der Waals surface area contributed by atoms with Gasteiger partial charge < -0.3 is 10.6 Å². The molecule has 0 aliphatic carbocycles. The maximum atomic E-state index is 5.86. The average molecular weight is 300 g/mol. The number of aromatic nitrogens is 1. The number of anilines is 2. The van der Waals surface area contributed by atoms with Crippen molar-refractivity contribution < 1.29 is 4.84 Å². The number of hydrogen-bond donors (Lipinski definition) is 2. The number of nitrogens with two attached hydrogens (primary N) is 1. The lowest BCUT2D eigenvalue weighted by molar-refractivity contribution is -0.0356. The molecule has 1 atom stereocenters. The highest BCUT2D eigenvalue weighted by atomic mass is 16.7. The van der Waals surface area contributed by atoms with Crippen molar-refractivity contribution in [3.05, 3.63) is 54.2 Å². The Morgan fingerprint density at radius 3 is 2.59 bits per heavy atom. The van der Waals surface area contributed by atoms with Crippen LogP contribution in [0.15, 0.2) is 48.7 Å². The molecule has 0 bridgehead atoms. The minimum Gasteiger partial charge on any atom is -0.399 e. The number of likely N-dealkylation sites (N-methyl/N-ethyl adjacent to an activating group) is 1. The van der Waals surface area contributed by atoms with Crippen LogP contribution in [0.1, 0.15) is 25.5 Å². The summed E-state index contributed by atoms with van der Waals surface area (Å²) in [4.78, 5) is 12.3. The minimum absolute atomic E-state index is 0.100. The fraction of sp³-hybridized carbons (Fsp3) is 0.353. The molecular formula is C17H24N4O. The highest BCUT2D eigenvalue weighted by Crippen LogP contribution is 2.21. The highest BCUT2D eigenvalue weighted by molar-refractivity contribution is 5.49. The molecule has 0 radical (unpaired) electrons. The van der Waals surface area contributed by atoms with Crippen molar-refractivity contribution in [2.75, 3.05) is 24.2 Å². The third kappa shape index (κ3) is 4.72. The molecule has 3 N–H and O–H groups in total. The van der Waals surface area contributed by atoms with E-state index in [1.165, 1.54) is 0 Å². The second-order valence-corrected chi connectivity index (χ2v) is 5.62. The predicted octanol–water partition coefficient (Wildman–Crippen LogP) is 2.77. The van der Waals surface area contributed by atoms with Gasteiger partial charge in [0.15, 0.2) is 0 Å². The van der Waals surface area contributed by atoms with Crippen LogP contribution in [0.3, 0.4) is 0 Å². The lowest BCUT2D eigenvalue weighted by atomic mass is 10.1. The summed E-state index contributed by atoms with van der Waals surface area (Å²) in [6.45, 7) is 4.76. The molecule has 2 rings (SSSR count). The molecule has 1 unspecified atom stereocenters. The average Bonchev–Trinajstić information content (AvgIpc) is 2.52. The number of pyridine rings is 1. The smallest absolute Gasteiger partial charge is 0.130 e. The zero-order valence-electron chi connectivity index (χ0n) is 13.4. The van der Waals surface area contributed by atoms with Gasteiger partial charge in [-0.1, -0.05) is 30.3 Å². The number of rotatable bonds is 7.